The van der Waals surface area contributed by atoms with Crippen LogP contribution in [-0.4, -0.2) is 45.2 Å². The van der Waals surface area contributed by atoms with Crippen LogP contribution in [0.4, 0.5) is 5.69 Å². The normalized spacial score (nSPS) is 16.3. The van der Waals surface area contributed by atoms with Gasteiger partial charge in [-0.05, 0) is 35.7 Å². The first kappa shape index (κ1) is 21.0. The van der Waals surface area contributed by atoms with Gasteiger partial charge in [0.1, 0.15) is 0 Å². The largest absolute Gasteiger partial charge is 0.493 e. The number of hydrogen-bond acceptors (Lipinski definition) is 5. The van der Waals surface area contributed by atoms with Gasteiger partial charge in [0.2, 0.25) is 11.7 Å². The molecular weight excluding hydrogens is 392 g/mol. The maximum absolute atomic E-state index is 12.9. The molecule has 31 heavy (non-hydrogen) atoms. The summed E-state index contributed by atoms with van der Waals surface area (Å²) in [5, 5.41) is 5.47. The molecular formula is C25H28N2O4. The van der Waals surface area contributed by atoms with Crippen LogP contribution < -0.4 is 19.5 Å². The molecule has 162 valence electrons. The summed E-state index contributed by atoms with van der Waals surface area (Å²) >= 11 is 0. The van der Waals surface area contributed by atoms with E-state index >= 15 is 0 Å². The van der Waals surface area contributed by atoms with E-state index in [1.165, 1.54) is 16.3 Å². The van der Waals surface area contributed by atoms with Gasteiger partial charge in [0, 0.05) is 23.9 Å². The Morgan fingerprint density at radius 1 is 1.00 bits per heavy atom. The van der Waals surface area contributed by atoms with Gasteiger partial charge in [0.15, 0.2) is 11.5 Å². The lowest BCUT2D eigenvalue weighted by Crippen LogP contribution is -2.33. The Morgan fingerprint density at radius 3 is 2.42 bits per heavy atom. The molecule has 0 spiro atoms. The highest BCUT2D eigenvalue weighted by Crippen LogP contribution is 2.40. The SMILES string of the molecule is COc1cc(NC(=O)CN2CCCC2c2cccc3ccccc23)cc(OC)c1OC. The van der Waals surface area contributed by atoms with Gasteiger partial charge in [-0.25, -0.2) is 0 Å². The summed E-state index contributed by atoms with van der Waals surface area (Å²) < 4.78 is 16.1. The van der Waals surface area contributed by atoms with E-state index in [1.807, 2.05) is 0 Å². The van der Waals surface area contributed by atoms with Crippen LogP contribution in [0.15, 0.2) is 54.6 Å². The summed E-state index contributed by atoms with van der Waals surface area (Å²) in [6.45, 7) is 1.22. The maximum atomic E-state index is 12.9. The molecule has 3 aromatic rings. The number of carbonyl (C=O) groups excluding carboxylic acids is 1. The van der Waals surface area contributed by atoms with Crippen molar-refractivity contribution < 1.29 is 19.0 Å². The first-order chi connectivity index (χ1) is 15.1. The summed E-state index contributed by atoms with van der Waals surface area (Å²) in [5.41, 5.74) is 1.90. The highest BCUT2D eigenvalue weighted by Gasteiger charge is 2.28. The van der Waals surface area contributed by atoms with Gasteiger partial charge >= 0.3 is 0 Å². The topological polar surface area (TPSA) is 60.0 Å². The Morgan fingerprint density at radius 2 is 1.71 bits per heavy atom. The number of nitrogens with one attached hydrogen (secondary N) is 1. The molecule has 0 aliphatic carbocycles. The number of fused-ring (bicyclic) bond motifs is 1. The number of anilines is 1. The van der Waals surface area contributed by atoms with Crippen LogP contribution in [-0.2, 0) is 4.79 Å². The molecule has 6 nitrogen and oxygen atoms in total. The Hall–Kier alpha value is -3.25. The fourth-order valence-electron chi connectivity index (χ4n) is 4.45. The van der Waals surface area contributed by atoms with Crippen molar-refractivity contribution in [3.8, 4) is 17.2 Å². The number of carbonyl (C=O) groups is 1. The zero-order valence-corrected chi connectivity index (χ0v) is 18.2. The van der Waals surface area contributed by atoms with Crippen molar-refractivity contribution in [1.82, 2.24) is 4.90 Å². The second kappa shape index (κ2) is 9.27. The van der Waals surface area contributed by atoms with E-state index in [2.05, 4.69) is 52.7 Å². The van der Waals surface area contributed by atoms with Gasteiger partial charge in [0.05, 0.1) is 27.9 Å². The fourth-order valence-corrected chi connectivity index (χ4v) is 4.45. The van der Waals surface area contributed by atoms with E-state index in [0.29, 0.717) is 29.5 Å². The van der Waals surface area contributed by atoms with Crippen LogP contribution in [0, 0.1) is 0 Å². The molecule has 0 bridgehead atoms. The third-order valence-corrected chi connectivity index (χ3v) is 5.84. The molecule has 1 aliphatic rings. The number of methoxy groups -OCH3 is 3. The monoisotopic (exact) mass is 420 g/mol. The lowest BCUT2D eigenvalue weighted by atomic mass is 9.97. The standard InChI is InChI=1S/C25H28N2O4/c1-29-22-14-18(15-23(30-2)25(22)31-3)26-24(28)16-27-13-7-12-21(27)20-11-6-9-17-8-4-5-10-19(17)20/h4-6,8-11,14-15,21H,7,12-13,16H2,1-3H3,(H,26,28). The molecule has 1 unspecified atom stereocenters. The summed E-state index contributed by atoms with van der Waals surface area (Å²) in [5.74, 6) is 1.44. The number of rotatable bonds is 7. The van der Waals surface area contributed by atoms with Crippen molar-refractivity contribution in [3.63, 3.8) is 0 Å². The summed E-state index contributed by atoms with van der Waals surface area (Å²) in [6.07, 6.45) is 2.12. The molecule has 1 saturated heterocycles. The molecule has 3 aromatic carbocycles. The van der Waals surface area contributed by atoms with Gasteiger partial charge in [-0.15, -0.1) is 0 Å². The highest BCUT2D eigenvalue weighted by atomic mass is 16.5. The lowest BCUT2D eigenvalue weighted by Gasteiger charge is -2.25. The van der Waals surface area contributed by atoms with E-state index in [9.17, 15) is 4.79 Å². The molecule has 4 rings (SSSR count). The van der Waals surface area contributed by atoms with E-state index in [-0.39, 0.29) is 11.9 Å². The molecule has 6 heteroatoms. The van der Waals surface area contributed by atoms with Crippen LogP contribution in [0.3, 0.4) is 0 Å². The van der Waals surface area contributed by atoms with Crippen molar-refractivity contribution in [2.75, 3.05) is 39.7 Å². The Bertz CT molecular complexity index is 1050. The van der Waals surface area contributed by atoms with E-state index in [0.717, 1.165) is 19.4 Å². The molecule has 1 aliphatic heterocycles. The van der Waals surface area contributed by atoms with Crippen LogP contribution in [0.5, 0.6) is 17.2 Å². The van der Waals surface area contributed by atoms with Crippen LogP contribution in [0.1, 0.15) is 24.4 Å². The zero-order chi connectivity index (χ0) is 21.8. The van der Waals surface area contributed by atoms with Crippen molar-refractivity contribution >= 4 is 22.4 Å². The Balaban J connectivity index is 1.52. The number of nitrogens with zero attached hydrogens (tertiary/aromatic N) is 1. The molecule has 0 saturated carbocycles. The smallest absolute Gasteiger partial charge is 0.238 e. The first-order valence-electron chi connectivity index (χ1n) is 10.5. The minimum Gasteiger partial charge on any atom is -0.493 e. The minimum absolute atomic E-state index is 0.0681. The van der Waals surface area contributed by atoms with Crippen LogP contribution >= 0.6 is 0 Å². The van der Waals surface area contributed by atoms with Gasteiger partial charge in [-0.2, -0.15) is 0 Å². The van der Waals surface area contributed by atoms with Crippen molar-refractivity contribution in [2.45, 2.75) is 18.9 Å². The number of amides is 1. The molecule has 1 N–H and O–H groups in total. The number of hydrogen-bond donors (Lipinski definition) is 1. The van der Waals surface area contributed by atoms with Gasteiger partial charge in [0.25, 0.3) is 0 Å². The van der Waals surface area contributed by atoms with Crippen LogP contribution in [0.25, 0.3) is 10.8 Å². The minimum atomic E-state index is -0.0681. The van der Waals surface area contributed by atoms with Gasteiger partial charge in [-0.3, -0.25) is 9.69 Å². The zero-order valence-electron chi connectivity index (χ0n) is 18.2. The summed E-state index contributed by atoms with van der Waals surface area (Å²) in [4.78, 5) is 15.2. The molecule has 1 heterocycles. The average molecular weight is 421 g/mol. The predicted molar refractivity (Wildman–Crippen MR) is 122 cm³/mol. The van der Waals surface area contributed by atoms with Crippen molar-refractivity contribution in [2.24, 2.45) is 0 Å². The molecule has 1 atom stereocenters. The highest BCUT2D eigenvalue weighted by molar-refractivity contribution is 5.93. The summed E-state index contributed by atoms with van der Waals surface area (Å²) in [7, 11) is 4.67. The second-order valence-electron chi connectivity index (χ2n) is 7.66. The Kier molecular flexibility index (Phi) is 6.28. The predicted octanol–water partition coefficient (Wildman–Crippen LogP) is 4.64. The number of likely N-dealkylation sites (tertiary alicyclic amines) is 1. The quantitative estimate of drug-likeness (QED) is 0.603. The maximum Gasteiger partial charge on any atom is 0.238 e. The van der Waals surface area contributed by atoms with Crippen LogP contribution in [0.2, 0.25) is 0 Å². The average Bonchev–Trinajstić information content (AvgIpc) is 3.25. The first-order valence-corrected chi connectivity index (χ1v) is 10.5. The van der Waals surface area contributed by atoms with Crippen molar-refractivity contribution in [1.29, 1.82) is 0 Å². The van der Waals surface area contributed by atoms with Crippen molar-refractivity contribution in [3.05, 3.63) is 60.2 Å². The molecule has 0 aromatic heterocycles. The third-order valence-electron chi connectivity index (χ3n) is 5.84. The second-order valence-corrected chi connectivity index (χ2v) is 7.66. The van der Waals surface area contributed by atoms with E-state index < -0.39 is 0 Å². The molecule has 0 radical (unpaired) electrons. The molecule has 1 amide bonds. The van der Waals surface area contributed by atoms with E-state index in [4.69, 9.17) is 14.2 Å². The number of benzene rings is 3. The van der Waals surface area contributed by atoms with E-state index in [1.54, 1.807) is 33.5 Å². The third kappa shape index (κ3) is 4.30. The lowest BCUT2D eigenvalue weighted by molar-refractivity contribution is -0.117. The van der Waals surface area contributed by atoms with Gasteiger partial charge < -0.3 is 19.5 Å². The summed E-state index contributed by atoms with van der Waals surface area (Å²) in [6, 6.07) is 18.6. The van der Waals surface area contributed by atoms with Gasteiger partial charge in [-0.1, -0.05) is 42.5 Å². The molecule has 1 fully saturated rings. The Labute approximate surface area is 182 Å². The number of ether oxygens (including phenoxy) is 3. The fraction of sp³-hybridized carbons (Fsp3) is 0.320.